The monoisotopic (exact) mass is 679 g/mol. The summed E-state index contributed by atoms with van der Waals surface area (Å²) in [6.07, 6.45) is 4.08. The Hall–Kier alpha value is -7.24. The lowest BCUT2D eigenvalue weighted by molar-refractivity contribution is 1.11. The van der Waals surface area contributed by atoms with E-state index in [0.29, 0.717) is 5.78 Å². The maximum absolute atomic E-state index is 5.00. The van der Waals surface area contributed by atoms with Crippen molar-refractivity contribution in [2.45, 2.75) is 0 Å². The third kappa shape index (κ3) is 5.34. The molecule has 250 valence electrons. The minimum atomic E-state index is 0.672. The normalized spacial score (nSPS) is 11.4. The Morgan fingerprint density at radius 2 is 1.02 bits per heavy atom. The smallest absolute Gasteiger partial charge is 0.234 e. The SMILES string of the molecule is c1ccc(-c2nc3ncc(-c4ccc(-n5c6ccccc6c6cc(N(c7ccccc7)c7ccccc7)ccc65)cc4)cn3c2-c2ccccc2)cc1. The van der Waals surface area contributed by atoms with Gasteiger partial charge in [0.1, 0.15) is 0 Å². The minimum Gasteiger partial charge on any atom is -0.310 e. The molecule has 5 nitrogen and oxygen atoms in total. The van der Waals surface area contributed by atoms with Gasteiger partial charge in [-0.3, -0.25) is 4.40 Å². The molecular weight excluding hydrogens is 647 g/mol. The fraction of sp³-hybridized carbons (Fsp3) is 0. The first-order valence-corrected chi connectivity index (χ1v) is 17.8. The van der Waals surface area contributed by atoms with Crippen LogP contribution in [0.1, 0.15) is 0 Å². The highest BCUT2D eigenvalue weighted by Crippen LogP contribution is 2.40. The summed E-state index contributed by atoms with van der Waals surface area (Å²) in [4.78, 5) is 12.2. The zero-order chi connectivity index (χ0) is 35.1. The van der Waals surface area contributed by atoms with Crippen molar-refractivity contribution in [3.05, 3.63) is 200 Å². The summed E-state index contributed by atoms with van der Waals surface area (Å²) in [6, 6.07) is 66.2. The first-order chi connectivity index (χ1) is 26.3. The number of para-hydroxylation sites is 3. The van der Waals surface area contributed by atoms with Gasteiger partial charge in [-0.25, -0.2) is 9.97 Å². The number of hydrogen-bond donors (Lipinski definition) is 0. The lowest BCUT2D eigenvalue weighted by atomic mass is 10.0. The van der Waals surface area contributed by atoms with Gasteiger partial charge in [0.2, 0.25) is 5.78 Å². The van der Waals surface area contributed by atoms with E-state index in [1.807, 2.05) is 18.3 Å². The molecule has 7 aromatic carbocycles. The molecule has 0 bridgehead atoms. The molecule has 3 heterocycles. The highest BCUT2D eigenvalue weighted by Gasteiger charge is 2.19. The Bertz CT molecular complexity index is 2820. The van der Waals surface area contributed by atoms with Crippen LogP contribution in [-0.4, -0.2) is 18.9 Å². The van der Waals surface area contributed by atoms with Crippen molar-refractivity contribution in [2.75, 3.05) is 4.90 Å². The number of fused-ring (bicyclic) bond motifs is 4. The average Bonchev–Trinajstić information content (AvgIpc) is 3.78. The molecule has 0 unspecified atom stereocenters. The van der Waals surface area contributed by atoms with Gasteiger partial charge in [-0.2, -0.15) is 0 Å². The van der Waals surface area contributed by atoms with E-state index in [0.717, 1.165) is 61.9 Å². The molecule has 0 fully saturated rings. The molecule has 0 spiro atoms. The number of benzene rings is 7. The highest BCUT2D eigenvalue weighted by molar-refractivity contribution is 6.10. The van der Waals surface area contributed by atoms with Crippen LogP contribution in [0.25, 0.3) is 66.9 Å². The molecule has 10 aromatic rings. The molecule has 0 amide bonds. The molecule has 3 aromatic heterocycles. The first-order valence-electron chi connectivity index (χ1n) is 17.8. The van der Waals surface area contributed by atoms with Gasteiger partial charge in [-0.05, 0) is 66.2 Å². The van der Waals surface area contributed by atoms with E-state index in [4.69, 9.17) is 9.97 Å². The van der Waals surface area contributed by atoms with Gasteiger partial charge in [0.15, 0.2) is 0 Å². The number of rotatable bonds is 7. The third-order valence-corrected chi connectivity index (χ3v) is 9.98. The summed E-state index contributed by atoms with van der Waals surface area (Å²) in [6.45, 7) is 0. The van der Waals surface area contributed by atoms with Crippen LogP contribution in [0.5, 0.6) is 0 Å². The Balaban J connectivity index is 1.07. The molecule has 5 heteroatoms. The van der Waals surface area contributed by atoms with Crippen LogP contribution < -0.4 is 4.90 Å². The number of nitrogens with zero attached hydrogens (tertiary/aromatic N) is 5. The number of hydrogen-bond acceptors (Lipinski definition) is 3. The number of anilines is 3. The second-order valence-electron chi connectivity index (χ2n) is 13.2. The van der Waals surface area contributed by atoms with E-state index in [2.05, 4.69) is 196 Å². The van der Waals surface area contributed by atoms with Gasteiger partial charge < -0.3 is 9.47 Å². The van der Waals surface area contributed by atoms with E-state index >= 15 is 0 Å². The van der Waals surface area contributed by atoms with Crippen molar-refractivity contribution in [2.24, 2.45) is 0 Å². The summed E-state index contributed by atoms with van der Waals surface area (Å²) < 4.78 is 4.49. The molecule has 0 aliphatic rings. The van der Waals surface area contributed by atoms with E-state index < -0.39 is 0 Å². The molecule has 0 aliphatic carbocycles. The van der Waals surface area contributed by atoms with Crippen LogP contribution in [0.2, 0.25) is 0 Å². The van der Waals surface area contributed by atoms with Crippen molar-refractivity contribution in [1.82, 2.24) is 18.9 Å². The second kappa shape index (κ2) is 12.8. The molecule has 0 saturated heterocycles. The molecule has 0 aliphatic heterocycles. The van der Waals surface area contributed by atoms with Crippen LogP contribution in [0.15, 0.2) is 200 Å². The van der Waals surface area contributed by atoms with Crippen LogP contribution in [-0.2, 0) is 0 Å². The molecule has 0 saturated carbocycles. The van der Waals surface area contributed by atoms with Gasteiger partial charge in [-0.1, -0.05) is 127 Å². The van der Waals surface area contributed by atoms with E-state index in [1.165, 1.54) is 16.3 Å². The second-order valence-corrected chi connectivity index (χ2v) is 13.2. The molecule has 53 heavy (non-hydrogen) atoms. The number of aromatic nitrogens is 4. The van der Waals surface area contributed by atoms with Crippen LogP contribution in [0.3, 0.4) is 0 Å². The first kappa shape index (κ1) is 30.6. The van der Waals surface area contributed by atoms with Gasteiger partial charge in [0, 0.05) is 62.6 Å². The Morgan fingerprint density at radius 3 is 1.70 bits per heavy atom. The fourth-order valence-corrected chi connectivity index (χ4v) is 7.53. The van der Waals surface area contributed by atoms with Crippen molar-refractivity contribution < 1.29 is 0 Å². The molecule has 0 atom stereocenters. The summed E-state index contributed by atoms with van der Waals surface area (Å²) in [7, 11) is 0. The van der Waals surface area contributed by atoms with Crippen LogP contribution in [0, 0.1) is 0 Å². The maximum Gasteiger partial charge on any atom is 0.234 e. The van der Waals surface area contributed by atoms with Crippen molar-refractivity contribution in [1.29, 1.82) is 0 Å². The minimum absolute atomic E-state index is 0.672. The van der Waals surface area contributed by atoms with Crippen LogP contribution in [0.4, 0.5) is 17.1 Å². The Morgan fingerprint density at radius 1 is 0.434 bits per heavy atom. The van der Waals surface area contributed by atoms with E-state index in [9.17, 15) is 0 Å². The molecular formula is C48H33N5. The van der Waals surface area contributed by atoms with E-state index in [1.54, 1.807) is 0 Å². The summed E-state index contributed by atoms with van der Waals surface area (Å²) in [5.74, 6) is 0.672. The van der Waals surface area contributed by atoms with Gasteiger partial charge >= 0.3 is 0 Å². The topological polar surface area (TPSA) is 38.4 Å². The highest BCUT2D eigenvalue weighted by atomic mass is 15.1. The summed E-state index contributed by atoms with van der Waals surface area (Å²) in [5.41, 5.74) is 13.0. The summed E-state index contributed by atoms with van der Waals surface area (Å²) in [5, 5.41) is 2.42. The largest absolute Gasteiger partial charge is 0.310 e. The van der Waals surface area contributed by atoms with Crippen molar-refractivity contribution in [3.8, 4) is 39.3 Å². The van der Waals surface area contributed by atoms with E-state index in [-0.39, 0.29) is 0 Å². The number of imidazole rings is 1. The molecule has 10 rings (SSSR count). The predicted molar refractivity (Wildman–Crippen MR) is 218 cm³/mol. The lowest BCUT2D eigenvalue weighted by Crippen LogP contribution is -2.09. The lowest BCUT2D eigenvalue weighted by Gasteiger charge is -2.25. The maximum atomic E-state index is 5.00. The molecule has 0 N–H and O–H groups in total. The average molecular weight is 680 g/mol. The Kier molecular flexibility index (Phi) is 7.40. The summed E-state index contributed by atoms with van der Waals surface area (Å²) >= 11 is 0. The quantitative estimate of drug-likeness (QED) is 0.168. The predicted octanol–water partition coefficient (Wildman–Crippen LogP) is 12.3. The fourth-order valence-electron chi connectivity index (χ4n) is 7.53. The Labute approximate surface area is 307 Å². The van der Waals surface area contributed by atoms with Crippen molar-refractivity contribution >= 4 is 44.6 Å². The van der Waals surface area contributed by atoms with Gasteiger partial charge in [0.25, 0.3) is 0 Å². The van der Waals surface area contributed by atoms with Gasteiger partial charge in [-0.15, -0.1) is 0 Å². The zero-order valence-electron chi connectivity index (χ0n) is 28.8. The van der Waals surface area contributed by atoms with Gasteiger partial charge in [0.05, 0.1) is 22.4 Å². The van der Waals surface area contributed by atoms with Crippen LogP contribution >= 0.6 is 0 Å². The zero-order valence-corrected chi connectivity index (χ0v) is 28.8. The third-order valence-electron chi connectivity index (χ3n) is 9.98. The standard InChI is InChI=1S/C48H33N5/c1-5-15-35(16-6-1)46-47(36-17-7-2-8-18-36)51-33-37(32-49-48(51)50-46)34-25-27-40(28-26-34)53-44-24-14-13-23-42(44)43-31-41(29-30-45(43)53)52(38-19-9-3-10-20-38)39-21-11-4-12-22-39/h1-33H. The molecule has 0 radical (unpaired) electrons. The van der Waals surface area contributed by atoms with Crippen molar-refractivity contribution in [3.63, 3.8) is 0 Å².